The molecule has 0 bridgehead atoms. The Morgan fingerprint density at radius 1 is 1.20 bits per heavy atom. The molecule has 9 heteroatoms. The van der Waals surface area contributed by atoms with Gasteiger partial charge in [-0.3, -0.25) is 14.9 Å². The van der Waals surface area contributed by atoms with E-state index in [0.717, 1.165) is 10.9 Å². The van der Waals surface area contributed by atoms with Crippen LogP contribution in [0.4, 0.5) is 11.4 Å². The van der Waals surface area contributed by atoms with E-state index in [1.807, 2.05) is 13.8 Å². The average Bonchev–Trinajstić information content (AvgIpc) is 2.71. The average molecular weight is 412 g/mol. The van der Waals surface area contributed by atoms with E-state index in [1.54, 1.807) is 18.2 Å². The van der Waals surface area contributed by atoms with Crippen molar-refractivity contribution in [3.05, 3.63) is 68.6 Å². The van der Waals surface area contributed by atoms with Crippen molar-refractivity contribution in [3.8, 4) is 11.5 Å². The smallest absolute Gasteiger partial charge is 0.336 e. The van der Waals surface area contributed by atoms with Gasteiger partial charge in [0, 0.05) is 23.6 Å². The van der Waals surface area contributed by atoms with Gasteiger partial charge in [-0.1, -0.05) is 13.8 Å². The summed E-state index contributed by atoms with van der Waals surface area (Å²) in [5.74, 6) is 0.175. The molecule has 1 amide bonds. The number of non-ortho nitro benzene ring substituents is 1. The van der Waals surface area contributed by atoms with Crippen molar-refractivity contribution < 1.29 is 23.6 Å². The number of nitrogens with one attached hydrogen (secondary N) is 1. The van der Waals surface area contributed by atoms with Crippen molar-refractivity contribution in [3.63, 3.8) is 0 Å². The van der Waals surface area contributed by atoms with Gasteiger partial charge in [-0.15, -0.1) is 0 Å². The molecule has 1 heterocycles. The fourth-order valence-corrected chi connectivity index (χ4v) is 2.97. The van der Waals surface area contributed by atoms with Gasteiger partial charge in [0.15, 0.2) is 6.61 Å². The lowest BCUT2D eigenvalue weighted by Crippen LogP contribution is -2.20. The molecular formula is C21H20N2O7. The van der Waals surface area contributed by atoms with Crippen LogP contribution in [0.2, 0.25) is 0 Å². The quantitative estimate of drug-likeness (QED) is 0.355. The van der Waals surface area contributed by atoms with Crippen molar-refractivity contribution in [2.24, 2.45) is 0 Å². The van der Waals surface area contributed by atoms with Crippen molar-refractivity contribution in [2.75, 3.05) is 19.0 Å². The predicted octanol–water partition coefficient (Wildman–Crippen LogP) is 3.85. The molecule has 0 aliphatic carbocycles. The van der Waals surface area contributed by atoms with Crippen LogP contribution in [0.5, 0.6) is 11.5 Å². The monoisotopic (exact) mass is 412 g/mol. The molecule has 30 heavy (non-hydrogen) atoms. The summed E-state index contributed by atoms with van der Waals surface area (Å²) in [4.78, 5) is 34.3. The molecule has 9 nitrogen and oxygen atoms in total. The second kappa shape index (κ2) is 8.64. The predicted molar refractivity (Wildman–Crippen MR) is 110 cm³/mol. The standard InChI is InChI=1S/C21H20N2O7/c1-12(2)16-10-21(25)30-18-9-14(5-6-15(16)18)29-11-20(24)22-17-7-4-13(23(26)27)8-19(17)28-3/h4-10,12H,11H2,1-3H3,(H,22,24). The van der Waals surface area contributed by atoms with E-state index in [4.69, 9.17) is 13.9 Å². The van der Waals surface area contributed by atoms with Crippen molar-refractivity contribution in [1.82, 2.24) is 0 Å². The normalized spacial score (nSPS) is 10.8. The molecule has 0 aliphatic rings. The van der Waals surface area contributed by atoms with Gasteiger partial charge in [0.2, 0.25) is 0 Å². The molecule has 0 unspecified atom stereocenters. The molecule has 156 valence electrons. The van der Waals surface area contributed by atoms with Crippen LogP contribution in [0.15, 0.2) is 51.7 Å². The van der Waals surface area contributed by atoms with Crippen molar-refractivity contribution in [2.45, 2.75) is 19.8 Å². The number of hydrogen-bond acceptors (Lipinski definition) is 7. The lowest BCUT2D eigenvalue weighted by molar-refractivity contribution is -0.384. The number of hydrogen-bond donors (Lipinski definition) is 1. The maximum atomic E-state index is 12.2. The van der Waals surface area contributed by atoms with Gasteiger partial charge in [-0.2, -0.15) is 0 Å². The molecule has 3 rings (SSSR count). The molecule has 0 spiro atoms. The highest BCUT2D eigenvalue weighted by atomic mass is 16.6. The van der Waals surface area contributed by atoms with Crippen LogP contribution < -0.4 is 20.4 Å². The zero-order valence-electron chi connectivity index (χ0n) is 16.6. The zero-order valence-corrected chi connectivity index (χ0v) is 16.6. The van der Waals surface area contributed by atoms with E-state index < -0.39 is 16.5 Å². The lowest BCUT2D eigenvalue weighted by Gasteiger charge is -2.12. The summed E-state index contributed by atoms with van der Waals surface area (Å²) in [7, 11) is 1.35. The number of rotatable bonds is 7. The largest absolute Gasteiger partial charge is 0.494 e. The van der Waals surface area contributed by atoms with E-state index >= 15 is 0 Å². The molecule has 0 fully saturated rings. The van der Waals surface area contributed by atoms with Gasteiger partial charge in [-0.25, -0.2) is 4.79 Å². The van der Waals surface area contributed by atoms with Crippen molar-refractivity contribution in [1.29, 1.82) is 0 Å². The molecule has 0 radical (unpaired) electrons. The fraction of sp³-hybridized carbons (Fsp3) is 0.238. The topological polar surface area (TPSA) is 121 Å². The zero-order chi connectivity index (χ0) is 21.8. The van der Waals surface area contributed by atoms with E-state index in [2.05, 4.69) is 5.32 Å². The van der Waals surface area contributed by atoms with Crippen LogP contribution in [-0.2, 0) is 4.79 Å². The van der Waals surface area contributed by atoms with Crippen LogP contribution >= 0.6 is 0 Å². The first kappa shape index (κ1) is 20.8. The molecule has 0 aliphatic heterocycles. The van der Waals surface area contributed by atoms with Crippen LogP contribution in [0.25, 0.3) is 11.0 Å². The van der Waals surface area contributed by atoms with Gasteiger partial charge in [0.05, 0.1) is 23.8 Å². The first-order chi connectivity index (χ1) is 14.3. The third-order valence-electron chi connectivity index (χ3n) is 4.41. The number of nitro benzene ring substituents is 1. The summed E-state index contributed by atoms with van der Waals surface area (Å²) in [5.41, 5.74) is 0.922. The Kier molecular flexibility index (Phi) is 6.01. The number of fused-ring (bicyclic) bond motifs is 1. The summed E-state index contributed by atoms with van der Waals surface area (Å²) in [6.45, 7) is 3.64. The number of ether oxygens (including phenoxy) is 2. The summed E-state index contributed by atoms with van der Waals surface area (Å²) in [5, 5.41) is 14.2. The molecule has 1 N–H and O–H groups in total. The van der Waals surface area contributed by atoms with Gasteiger partial charge < -0.3 is 19.2 Å². The summed E-state index contributed by atoms with van der Waals surface area (Å²) < 4.78 is 15.8. The SMILES string of the molecule is COc1cc([N+](=O)[O-])ccc1NC(=O)COc1ccc2c(C(C)C)cc(=O)oc2c1. The minimum Gasteiger partial charge on any atom is -0.494 e. The highest BCUT2D eigenvalue weighted by Crippen LogP contribution is 2.29. The molecule has 2 aromatic carbocycles. The Morgan fingerprint density at radius 2 is 1.97 bits per heavy atom. The Bertz CT molecular complexity index is 1170. The Labute approximate surface area is 171 Å². The number of methoxy groups -OCH3 is 1. The van der Waals surface area contributed by atoms with Gasteiger partial charge in [-0.05, 0) is 29.7 Å². The van der Waals surface area contributed by atoms with Gasteiger partial charge in [0.1, 0.15) is 17.1 Å². The number of carbonyl (C=O) groups is 1. The summed E-state index contributed by atoms with van der Waals surface area (Å²) in [6, 6.07) is 10.4. The Hall–Kier alpha value is -3.88. The number of anilines is 1. The first-order valence-corrected chi connectivity index (χ1v) is 9.11. The molecule has 3 aromatic rings. The maximum absolute atomic E-state index is 12.2. The number of nitrogens with zero attached hydrogens (tertiary/aromatic N) is 1. The van der Waals surface area contributed by atoms with Crippen LogP contribution in [0, 0.1) is 10.1 Å². The van der Waals surface area contributed by atoms with Crippen LogP contribution in [0.3, 0.4) is 0 Å². The van der Waals surface area contributed by atoms with Gasteiger partial charge >= 0.3 is 5.63 Å². The minimum absolute atomic E-state index is 0.144. The highest BCUT2D eigenvalue weighted by molar-refractivity contribution is 5.93. The third-order valence-corrected chi connectivity index (χ3v) is 4.41. The molecule has 1 aromatic heterocycles. The Balaban J connectivity index is 1.73. The first-order valence-electron chi connectivity index (χ1n) is 9.11. The van der Waals surface area contributed by atoms with E-state index in [0.29, 0.717) is 11.3 Å². The maximum Gasteiger partial charge on any atom is 0.336 e. The number of amides is 1. The second-order valence-corrected chi connectivity index (χ2v) is 6.81. The summed E-state index contributed by atoms with van der Waals surface area (Å²) >= 11 is 0. The molecule has 0 atom stereocenters. The fourth-order valence-electron chi connectivity index (χ4n) is 2.97. The Morgan fingerprint density at radius 3 is 2.63 bits per heavy atom. The number of nitro groups is 1. The third kappa shape index (κ3) is 4.57. The second-order valence-electron chi connectivity index (χ2n) is 6.81. The van der Waals surface area contributed by atoms with Gasteiger partial charge in [0.25, 0.3) is 11.6 Å². The minimum atomic E-state index is -0.556. The molecule has 0 saturated heterocycles. The summed E-state index contributed by atoms with van der Waals surface area (Å²) in [6.07, 6.45) is 0. The van der Waals surface area contributed by atoms with Crippen molar-refractivity contribution >= 4 is 28.3 Å². The lowest BCUT2D eigenvalue weighted by atomic mass is 10.00. The van der Waals surface area contributed by atoms with E-state index in [9.17, 15) is 19.7 Å². The molecular weight excluding hydrogens is 392 g/mol. The number of carbonyl (C=O) groups excluding carboxylic acids is 1. The van der Waals surface area contributed by atoms with E-state index in [-0.39, 0.29) is 29.6 Å². The van der Waals surface area contributed by atoms with Crippen LogP contribution in [-0.4, -0.2) is 24.5 Å². The highest BCUT2D eigenvalue weighted by Gasteiger charge is 2.14. The van der Waals surface area contributed by atoms with Crippen LogP contribution in [0.1, 0.15) is 25.3 Å². The molecule has 0 saturated carbocycles. The number of benzene rings is 2. The van der Waals surface area contributed by atoms with E-state index in [1.165, 1.54) is 31.4 Å².